The number of methoxy groups -OCH3 is 1. The van der Waals surface area contributed by atoms with Crippen molar-refractivity contribution in [3.8, 4) is 28.8 Å². The highest BCUT2D eigenvalue weighted by molar-refractivity contribution is 6.04. The van der Waals surface area contributed by atoms with Crippen LogP contribution >= 0.6 is 0 Å². The number of pyridine rings is 1. The summed E-state index contributed by atoms with van der Waals surface area (Å²) in [6.45, 7) is 1.50. The molecule has 0 saturated carbocycles. The Labute approximate surface area is 304 Å². The minimum absolute atomic E-state index is 0.0353. The molecule has 4 fully saturated rings. The van der Waals surface area contributed by atoms with Gasteiger partial charge < -0.3 is 23.8 Å². The third-order valence-electron chi connectivity index (χ3n) is 11.7. The topological polar surface area (TPSA) is 94.1 Å². The van der Waals surface area contributed by atoms with E-state index in [0.29, 0.717) is 6.42 Å². The van der Waals surface area contributed by atoms with Crippen LogP contribution in [0, 0.1) is 11.6 Å². The van der Waals surface area contributed by atoms with Crippen molar-refractivity contribution in [3.63, 3.8) is 0 Å². The van der Waals surface area contributed by atoms with Crippen molar-refractivity contribution in [1.82, 2.24) is 25.2 Å². The smallest absolute Gasteiger partial charge is 0.468 e. The molecule has 54 heavy (non-hydrogen) atoms. The van der Waals surface area contributed by atoms with Crippen molar-refractivity contribution < 1.29 is 49.7 Å². The highest BCUT2D eigenvalue weighted by atomic mass is 19.4. The van der Waals surface area contributed by atoms with E-state index in [0.717, 1.165) is 44.8 Å². The molecule has 7 heterocycles. The van der Waals surface area contributed by atoms with Crippen LogP contribution in [-0.2, 0) is 11.2 Å². The predicted molar refractivity (Wildman–Crippen MR) is 182 cm³/mol. The third-order valence-corrected chi connectivity index (χ3v) is 11.7. The van der Waals surface area contributed by atoms with Gasteiger partial charge in [0.05, 0.1) is 29.2 Å². The molecule has 2 aromatic carbocycles. The molecule has 9 rings (SSSR count). The molecular formula is C37H37F7N6O4. The maximum atomic E-state index is 17.4. The molecular weight excluding hydrogens is 725 g/mol. The van der Waals surface area contributed by atoms with E-state index in [2.05, 4.69) is 24.9 Å². The van der Waals surface area contributed by atoms with Crippen LogP contribution in [0.3, 0.4) is 0 Å². The maximum absolute atomic E-state index is 17.4. The van der Waals surface area contributed by atoms with Crippen LogP contribution < -0.4 is 24.4 Å². The van der Waals surface area contributed by atoms with Crippen LogP contribution in [0.25, 0.3) is 32.9 Å². The SMILES string of the molecule is COCOc1cc(-c2nc3c4c(nc(OCC56CCCN5CCC6)nc4c2F)N2C[C@@]4(F)CC[C@](F)(N4)[C@H]2CCC3)c2c(OC(F)(F)F)c(F)ccc2c1. The molecule has 1 N–H and O–H groups in total. The highest BCUT2D eigenvalue weighted by Gasteiger charge is 2.60. The molecule has 2 bridgehead atoms. The molecule has 0 spiro atoms. The molecule has 288 valence electrons. The number of hydrogen-bond acceptors (Lipinski definition) is 10. The fraction of sp³-hybridized carbons (Fsp3) is 0.541. The Balaban J connectivity index is 1.28. The van der Waals surface area contributed by atoms with E-state index in [1.54, 1.807) is 0 Å². The van der Waals surface area contributed by atoms with Crippen molar-refractivity contribution in [2.24, 2.45) is 0 Å². The van der Waals surface area contributed by atoms with E-state index in [1.165, 1.54) is 30.2 Å². The number of piperazine rings is 1. The molecule has 0 unspecified atom stereocenters. The zero-order chi connectivity index (χ0) is 37.6. The minimum atomic E-state index is -5.29. The van der Waals surface area contributed by atoms with Gasteiger partial charge >= 0.3 is 12.4 Å². The Kier molecular flexibility index (Phi) is 8.32. The average Bonchev–Trinajstić information content (AvgIpc) is 3.78. The molecule has 10 nitrogen and oxygen atoms in total. The monoisotopic (exact) mass is 762 g/mol. The highest BCUT2D eigenvalue weighted by Crippen LogP contribution is 2.50. The number of anilines is 1. The first kappa shape index (κ1) is 35.5. The minimum Gasteiger partial charge on any atom is -0.468 e. The van der Waals surface area contributed by atoms with Crippen molar-refractivity contribution in [3.05, 3.63) is 41.6 Å². The first-order chi connectivity index (χ1) is 25.8. The van der Waals surface area contributed by atoms with Gasteiger partial charge in [-0.1, -0.05) is 6.07 Å². The Hall–Kier alpha value is -4.22. The zero-order valence-corrected chi connectivity index (χ0v) is 29.3. The van der Waals surface area contributed by atoms with Gasteiger partial charge in [-0.3, -0.25) is 4.90 Å². The number of hydrogen-bond donors (Lipinski definition) is 1. The van der Waals surface area contributed by atoms with E-state index in [4.69, 9.17) is 19.2 Å². The molecule has 5 aliphatic rings. The number of halogens is 7. The molecule has 17 heteroatoms. The predicted octanol–water partition coefficient (Wildman–Crippen LogP) is 7.25. The van der Waals surface area contributed by atoms with Crippen LogP contribution in [-0.4, -0.2) is 89.5 Å². The van der Waals surface area contributed by atoms with E-state index in [9.17, 15) is 13.2 Å². The van der Waals surface area contributed by atoms with Gasteiger partial charge in [0.15, 0.2) is 35.8 Å². The van der Waals surface area contributed by atoms with Crippen molar-refractivity contribution >= 4 is 27.5 Å². The second kappa shape index (κ2) is 12.7. The Bertz CT molecular complexity index is 2150. The maximum Gasteiger partial charge on any atom is 0.573 e. The summed E-state index contributed by atoms with van der Waals surface area (Å²) < 4.78 is 128. The van der Waals surface area contributed by atoms with Gasteiger partial charge in [0.2, 0.25) is 0 Å². The van der Waals surface area contributed by atoms with Gasteiger partial charge in [0.1, 0.15) is 29.4 Å². The molecule has 0 aliphatic carbocycles. The number of benzene rings is 2. The van der Waals surface area contributed by atoms with Crippen LogP contribution in [0.5, 0.6) is 17.5 Å². The summed E-state index contributed by atoms with van der Waals surface area (Å²) >= 11 is 0. The Morgan fingerprint density at radius 3 is 2.50 bits per heavy atom. The first-order valence-corrected chi connectivity index (χ1v) is 18.1. The lowest BCUT2D eigenvalue weighted by atomic mass is 9.92. The Morgan fingerprint density at radius 2 is 1.74 bits per heavy atom. The van der Waals surface area contributed by atoms with Gasteiger partial charge in [0, 0.05) is 30.9 Å². The lowest BCUT2D eigenvalue weighted by Crippen LogP contribution is -2.68. The second-order valence-corrected chi connectivity index (χ2v) is 15.0. The summed E-state index contributed by atoms with van der Waals surface area (Å²) in [5.74, 6) is -7.64. The van der Waals surface area contributed by atoms with Crippen LogP contribution in [0.4, 0.5) is 36.6 Å². The fourth-order valence-corrected chi connectivity index (χ4v) is 9.43. The van der Waals surface area contributed by atoms with Gasteiger partial charge in [-0.05, 0) is 81.6 Å². The number of aromatic nitrogens is 3. The second-order valence-electron chi connectivity index (χ2n) is 15.0. The van der Waals surface area contributed by atoms with E-state index >= 15 is 17.6 Å². The number of nitrogens with zero attached hydrogens (tertiary/aromatic N) is 5. The van der Waals surface area contributed by atoms with Gasteiger partial charge in [0.25, 0.3) is 0 Å². The molecule has 0 amide bonds. The number of rotatable bonds is 8. The van der Waals surface area contributed by atoms with Gasteiger partial charge in [-0.15, -0.1) is 13.2 Å². The summed E-state index contributed by atoms with van der Waals surface area (Å²) in [7, 11) is 1.37. The molecule has 4 aromatic rings. The third kappa shape index (κ3) is 5.84. The number of ether oxygens (including phenoxy) is 4. The standard InChI is InChI=1S/C37H37F7N6O4/c1-51-19-53-21-15-20-7-8-23(38)31(54-37(42,43)44)26(20)22(16-21)29-28(39)30-27-24(45-29)5-2-6-25-36(41)12-11-35(40,48-36)17-50(25)32(27)47-33(46-30)52-18-34-9-3-13-49(34)14-4-10-34/h7-8,15-16,25,48H,2-6,9-14,17-19H2,1H3/t25-,35-,36+/m1/s1. The largest absolute Gasteiger partial charge is 0.573 e. The number of aryl methyl sites for hydroxylation is 1. The lowest BCUT2D eigenvalue weighted by Gasteiger charge is -2.47. The normalized spacial score (nSPS) is 26.1. The number of alkyl halides is 5. The van der Waals surface area contributed by atoms with Crippen LogP contribution in [0.1, 0.15) is 57.1 Å². The van der Waals surface area contributed by atoms with Crippen LogP contribution in [0.15, 0.2) is 24.3 Å². The van der Waals surface area contributed by atoms with Crippen LogP contribution in [0.2, 0.25) is 0 Å². The van der Waals surface area contributed by atoms with Gasteiger partial charge in [-0.25, -0.2) is 27.9 Å². The summed E-state index contributed by atoms with van der Waals surface area (Å²) in [4.78, 5) is 17.8. The van der Waals surface area contributed by atoms with Crippen molar-refractivity contribution in [2.75, 3.05) is 45.0 Å². The van der Waals surface area contributed by atoms with E-state index in [-0.39, 0.29) is 96.3 Å². The van der Waals surface area contributed by atoms with Crippen molar-refractivity contribution in [2.45, 2.75) is 87.3 Å². The van der Waals surface area contributed by atoms with Gasteiger partial charge in [-0.2, -0.15) is 9.97 Å². The number of fused-ring (bicyclic) bond motifs is 7. The summed E-state index contributed by atoms with van der Waals surface area (Å²) in [5.41, 5.74) is -1.04. The summed E-state index contributed by atoms with van der Waals surface area (Å²) in [5, 5.41) is 2.30. The fourth-order valence-electron chi connectivity index (χ4n) is 9.43. The quantitative estimate of drug-likeness (QED) is 0.112. The summed E-state index contributed by atoms with van der Waals surface area (Å²) in [6, 6.07) is 3.53. The molecule has 4 saturated heterocycles. The van der Waals surface area contributed by atoms with E-state index < -0.39 is 52.5 Å². The Morgan fingerprint density at radius 1 is 0.944 bits per heavy atom. The van der Waals surface area contributed by atoms with Crippen molar-refractivity contribution in [1.29, 1.82) is 0 Å². The number of nitrogens with one attached hydrogen (secondary N) is 1. The van der Waals surface area contributed by atoms with E-state index in [1.807, 2.05) is 0 Å². The summed E-state index contributed by atoms with van der Waals surface area (Å²) in [6.07, 6.45) is -0.912. The lowest BCUT2D eigenvalue weighted by molar-refractivity contribution is -0.275. The molecule has 0 radical (unpaired) electrons. The molecule has 3 atom stereocenters. The zero-order valence-electron chi connectivity index (χ0n) is 29.3. The molecule has 2 aromatic heterocycles. The first-order valence-electron chi connectivity index (χ1n) is 18.1. The average molecular weight is 763 g/mol. The molecule has 5 aliphatic heterocycles.